The molecule has 0 bridgehead atoms. The molecule has 11 nitrogen and oxygen atoms in total. The van der Waals surface area contributed by atoms with E-state index in [0.717, 1.165) is 10.4 Å². The first-order valence-corrected chi connectivity index (χ1v) is 12.8. The van der Waals surface area contributed by atoms with Crippen LogP contribution in [0.1, 0.15) is 26.3 Å². The van der Waals surface area contributed by atoms with E-state index >= 15 is 0 Å². The monoisotopic (exact) mass is 522 g/mol. The first-order chi connectivity index (χ1) is 17.0. The van der Waals surface area contributed by atoms with E-state index in [1.54, 1.807) is 13.8 Å². The Bertz CT molecular complexity index is 1450. The lowest BCUT2D eigenvalue weighted by Crippen LogP contribution is -2.44. The summed E-state index contributed by atoms with van der Waals surface area (Å²) >= 11 is 0. The van der Waals surface area contributed by atoms with E-state index in [9.17, 15) is 22.0 Å². The predicted octanol–water partition coefficient (Wildman–Crippen LogP) is 1.90. The molecule has 0 radical (unpaired) electrons. The van der Waals surface area contributed by atoms with Crippen molar-refractivity contribution in [1.82, 2.24) is 29.1 Å². The maximum absolute atomic E-state index is 14.8. The van der Waals surface area contributed by atoms with Gasteiger partial charge in [0.05, 0.1) is 11.9 Å². The number of aromatic nitrogens is 4. The number of nitrogens with zero attached hydrogens (tertiary/aromatic N) is 5. The number of piperidine rings is 1. The summed E-state index contributed by atoms with van der Waals surface area (Å²) < 4.78 is 57.1. The van der Waals surface area contributed by atoms with E-state index in [1.165, 1.54) is 37.0 Å². The molecule has 2 atom stereocenters. The summed E-state index contributed by atoms with van der Waals surface area (Å²) in [5.74, 6) is -0.617. The summed E-state index contributed by atoms with van der Waals surface area (Å²) in [6, 6.07) is 3.18. The van der Waals surface area contributed by atoms with Crippen LogP contribution in [0.25, 0.3) is 22.4 Å². The van der Waals surface area contributed by atoms with E-state index in [2.05, 4.69) is 30.3 Å². The molecule has 1 aromatic carbocycles. The van der Waals surface area contributed by atoms with Crippen LogP contribution in [0.15, 0.2) is 29.2 Å². The quantitative estimate of drug-likeness (QED) is 0.429. The lowest BCUT2D eigenvalue weighted by molar-refractivity contribution is 0.254. The van der Waals surface area contributed by atoms with Crippen LogP contribution >= 0.6 is 0 Å². The van der Waals surface area contributed by atoms with Crippen LogP contribution in [0.5, 0.6) is 0 Å². The van der Waals surface area contributed by atoms with E-state index in [0.29, 0.717) is 25.0 Å². The minimum absolute atomic E-state index is 0.0295. The third kappa shape index (κ3) is 5.29. The lowest BCUT2D eigenvalue weighted by atomic mass is 10.1. The smallest absolute Gasteiger partial charge is 0.301 e. The average molecular weight is 523 g/mol. The van der Waals surface area contributed by atoms with Crippen LogP contribution in [-0.2, 0) is 10.2 Å². The topological polar surface area (TPSA) is 134 Å². The van der Waals surface area contributed by atoms with E-state index in [-0.39, 0.29) is 40.6 Å². The maximum atomic E-state index is 14.8. The van der Waals surface area contributed by atoms with Crippen molar-refractivity contribution < 1.29 is 17.2 Å². The number of halogens is 2. The molecule has 0 amide bonds. The van der Waals surface area contributed by atoms with Crippen LogP contribution in [0.4, 0.5) is 20.4 Å². The van der Waals surface area contributed by atoms with Crippen molar-refractivity contribution in [2.24, 2.45) is 0 Å². The summed E-state index contributed by atoms with van der Waals surface area (Å²) in [4.78, 5) is 26.5. The number of nitrogens with one attached hydrogen (secondary N) is 3. The molecule has 3 N–H and O–H groups in total. The standard InChI is InChI=1S/C22H28F2N8O3S/c1-12(2)32-20-18(11-26-22(29-20)27-15-8-14(23)9-25-10-15)28-19(21(32)33)13-5-6-17(16(24)7-13)30-36(34,35)31(3)4/h5-7,11-12,14-15,25,30H,8-10H2,1-4H3,(H,26,27,29)/t14-,15-/m0/s1. The third-order valence-electron chi connectivity index (χ3n) is 5.74. The fourth-order valence-corrected chi connectivity index (χ4v) is 4.52. The molecule has 0 aliphatic carbocycles. The molecule has 3 aromatic rings. The molecule has 0 saturated carbocycles. The molecule has 1 saturated heterocycles. The molecule has 1 fully saturated rings. The highest BCUT2D eigenvalue weighted by Gasteiger charge is 2.23. The van der Waals surface area contributed by atoms with Crippen LogP contribution in [0.3, 0.4) is 0 Å². The molecule has 2 aromatic heterocycles. The number of hydrogen-bond acceptors (Lipinski definition) is 8. The van der Waals surface area contributed by atoms with Gasteiger partial charge in [0.1, 0.15) is 23.2 Å². The van der Waals surface area contributed by atoms with Crippen LogP contribution in [0.2, 0.25) is 0 Å². The van der Waals surface area contributed by atoms with Crippen molar-refractivity contribution in [1.29, 1.82) is 0 Å². The van der Waals surface area contributed by atoms with Gasteiger partial charge in [-0.2, -0.15) is 17.7 Å². The molecule has 3 heterocycles. The van der Waals surface area contributed by atoms with Crippen molar-refractivity contribution in [3.05, 3.63) is 40.6 Å². The molecule has 1 aliphatic heterocycles. The number of hydrogen-bond donors (Lipinski definition) is 3. The van der Waals surface area contributed by atoms with Crippen molar-refractivity contribution in [3.8, 4) is 11.3 Å². The Morgan fingerprint density at radius 2 is 1.97 bits per heavy atom. The van der Waals surface area contributed by atoms with E-state index in [1.807, 2.05) is 0 Å². The van der Waals surface area contributed by atoms with Gasteiger partial charge in [-0.1, -0.05) is 6.07 Å². The van der Waals surface area contributed by atoms with Gasteiger partial charge in [0.15, 0.2) is 5.65 Å². The Morgan fingerprint density at radius 3 is 2.61 bits per heavy atom. The minimum Gasteiger partial charge on any atom is -0.350 e. The van der Waals surface area contributed by atoms with Crippen molar-refractivity contribution in [2.45, 2.75) is 38.5 Å². The van der Waals surface area contributed by atoms with Crippen molar-refractivity contribution >= 4 is 33.0 Å². The first-order valence-electron chi connectivity index (χ1n) is 11.4. The Balaban J connectivity index is 1.73. The highest BCUT2D eigenvalue weighted by molar-refractivity contribution is 7.90. The average Bonchev–Trinajstić information content (AvgIpc) is 2.79. The van der Waals surface area contributed by atoms with Crippen LogP contribution < -0.4 is 20.9 Å². The summed E-state index contributed by atoms with van der Waals surface area (Å²) in [7, 11) is -1.28. The zero-order chi connectivity index (χ0) is 26.2. The zero-order valence-electron chi connectivity index (χ0n) is 20.3. The second kappa shape index (κ2) is 10.0. The van der Waals surface area contributed by atoms with Gasteiger partial charge in [-0.3, -0.25) is 14.1 Å². The largest absolute Gasteiger partial charge is 0.350 e. The summed E-state index contributed by atoms with van der Waals surface area (Å²) in [6.45, 7) is 4.47. The Hall–Kier alpha value is -3.23. The van der Waals surface area contributed by atoms with Gasteiger partial charge in [0.25, 0.3) is 5.56 Å². The number of rotatable bonds is 7. The van der Waals surface area contributed by atoms with Gasteiger partial charge in [-0.25, -0.2) is 18.7 Å². The van der Waals surface area contributed by atoms with Gasteiger partial charge in [0, 0.05) is 51.3 Å². The maximum Gasteiger partial charge on any atom is 0.301 e. The number of alkyl halides is 1. The molecule has 0 unspecified atom stereocenters. The van der Waals surface area contributed by atoms with Crippen LogP contribution in [-0.4, -0.2) is 71.6 Å². The normalized spacial score (nSPS) is 18.7. The fraction of sp³-hybridized carbons (Fsp3) is 0.455. The third-order valence-corrected chi connectivity index (χ3v) is 7.18. The SMILES string of the molecule is CC(C)n1c(=O)c(-c2ccc(NS(=O)(=O)N(C)C)c(F)c2)nc2cnc(N[C@@H]3CNC[C@@H](F)C3)nc21. The molecule has 194 valence electrons. The molecule has 14 heteroatoms. The van der Waals surface area contributed by atoms with Gasteiger partial charge in [-0.05, 0) is 26.0 Å². The van der Waals surface area contributed by atoms with Crippen molar-refractivity contribution in [3.63, 3.8) is 0 Å². The van der Waals surface area contributed by atoms with Gasteiger partial charge >= 0.3 is 10.2 Å². The molecule has 1 aliphatic rings. The second-order valence-corrected chi connectivity index (χ2v) is 10.9. The van der Waals surface area contributed by atoms with Gasteiger partial charge in [-0.15, -0.1) is 0 Å². The van der Waals surface area contributed by atoms with E-state index < -0.39 is 27.8 Å². The summed E-state index contributed by atoms with van der Waals surface area (Å²) in [5.41, 5.74) is -0.0146. The molecular weight excluding hydrogens is 494 g/mol. The molecule has 0 spiro atoms. The molecule has 36 heavy (non-hydrogen) atoms. The summed E-state index contributed by atoms with van der Waals surface area (Å²) in [5, 5.41) is 6.10. The number of benzene rings is 1. The zero-order valence-corrected chi connectivity index (χ0v) is 21.1. The number of anilines is 2. The predicted molar refractivity (Wildman–Crippen MR) is 133 cm³/mol. The van der Waals surface area contributed by atoms with Crippen LogP contribution in [0, 0.1) is 5.82 Å². The highest BCUT2D eigenvalue weighted by atomic mass is 32.2. The fourth-order valence-electron chi connectivity index (χ4n) is 3.90. The van der Waals surface area contributed by atoms with E-state index in [4.69, 9.17) is 0 Å². The highest BCUT2D eigenvalue weighted by Crippen LogP contribution is 2.25. The lowest BCUT2D eigenvalue weighted by Gasteiger charge is -2.26. The van der Waals surface area contributed by atoms with Gasteiger partial charge < -0.3 is 10.6 Å². The Morgan fingerprint density at radius 1 is 1.22 bits per heavy atom. The summed E-state index contributed by atoms with van der Waals surface area (Å²) in [6.07, 6.45) is 0.792. The first kappa shape index (κ1) is 25.9. The number of fused-ring (bicyclic) bond motifs is 1. The molecule has 4 rings (SSSR count). The Labute approximate surface area is 207 Å². The molecular formula is C22H28F2N8O3S. The van der Waals surface area contributed by atoms with Crippen molar-refractivity contribution in [2.75, 3.05) is 37.2 Å². The van der Waals surface area contributed by atoms with Gasteiger partial charge in [0.2, 0.25) is 5.95 Å². The minimum atomic E-state index is -3.91. The Kier molecular flexibility index (Phi) is 7.20. The second-order valence-electron chi connectivity index (χ2n) is 9.05.